The first-order valence-electron chi connectivity index (χ1n) is 9.50. The third-order valence-corrected chi connectivity index (χ3v) is 4.99. The van der Waals surface area contributed by atoms with Gasteiger partial charge in [-0.15, -0.1) is 0 Å². The highest BCUT2D eigenvalue weighted by molar-refractivity contribution is 6.09. The maximum absolute atomic E-state index is 12.5. The van der Waals surface area contributed by atoms with E-state index in [1.807, 2.05) is 36.9 Å². The second-order valence-electron chi connectivity index (χ2n) is 7.03. The number of nitrogens with zero attached hydrogens (tertiary/aromatic N) is 3. The zero-order valence-electron chi connectivity index (χ0n) is 16.8. The lowest BCUT2D eigenvalue weighted by Crippen LogP contribution is -2.36. The van der Waals surface area contributed by atoms with E-state index < -0.39 is 10.8 Å². The number of aryl methyl sites for hydroxylation is 2. The molecule has 0 atom stereocenters. The van der Waals surface area contributed by atoms with E-state index in [-0.39, 0.29) is 11.3 Å². The Morgan fingerprint density at radius 3 is 2.57 bits per heavy atom. The molecule has 0 saturated carbocycles. The van der Waals surface area contributed by atoms with Crippen LogP contribution < -0.4 is 10.2 Å². The molecule has 1 N–H and O–H groups in total. The summed E-state index contributed by atoms with van der Waals surface area (Å²) in [7, 11) is 0. The summed E-state index contributed by atoms with van der Waals surface area (Å²) < 4.78 is 5.30. The van der Waals surface area contributed by atoms with Gasteiger partial charge in [0, 0.05) is 24.8 Å². The summed E-state index contributed by atoms with van der Waals surface area (Å²) in [5.41, 5.74) is 3.39. The molecule has 1 heterocycles. The van der Waals surface area contributed by atoms with Crippen LogP contribution >= 0.6 is 0 Å². The molecule has 0 bridgehead atoms. The van der Waals surface area contributed by atoms with E-state index in [9.17, 15) is 20.2 Å². The summed E-state index contributed by atoms with van der Waals surface area (Å²) in [5.74, 6) is -0.569. The van der Waals surface area contributed by atoms with Crippen molar-refractivity contribution in [2.24, 2.45) is 0 Å². The van der Waals surface area contributed by atoms with Crippen molar-refractivity contribution < 1.29 is 14.5 Å². The number of benzene rings is 2. The van der Waals surface area contributed by atoms with Crippen LogP contribution in [0.15, 0.2) is 42.0 Å². The van der Waals surface area contributed by atoms with Gasteiger partial charge in [0.25, 0.3) is 11.6 Å². The molecular formula is C22H22N4O4. The van der Waals surface area contributed by atoms with Crippen molar-refractivity contribution in [3.63, 3.8) is 0 Å². The number of ether oxygens (including phenoxy) is 1. The molecule has 1 fully saturated rings. The van der Waals surface area contributed by atoms with Crippen LogP contribution in [-0.2, 0) is 9.53 Å². The molecule has 0 aromatic heterocycles. The van der Waals surface area contributed by atoms with Gasteiger partial charge in [0.1, 0.15) is 17.3 Å². The van der Waals surface area contributed by atoms with Gasteiger partial charge in [-0.2, -0.15) is 5.26 Å². The summed E-state index contributed by atoms with van der Waals surface area (Å²) >= 11 is 0. The fourth-order valence-electron chi connectivity index (χ4n) is 3.18. The number of carbonyl (C=O) groups excluding carboxylic acids is 1. The molecule has 1 aliphatic heterocycles. The molecule has 1 amide bonds. The van der Waals surface area contributed by atoms with E-state index >= 15 is 0 Å². The minimum Gasteiger partial charge on any atom is -0.378 e. The fourth-order valence-corrected chi connectivity index (χ4v) is 3.18. The second kappa shape index (κ2) is 9.20. The van der Waals surface area contributed by atoms with Gasteiger partial charge in [0.15, 0.2) is 0 Å². The highest BCUT2D eigenvalue weighted by atomic mass is 16.6. The molecule has 1 saturated heterocycles. The molecule has 3 rings (SSSR count). The van der Waals surface area contributed by atoms with Crippen LogP contribution in [0.4, 0.5) is 17.1 Å². The zero-order valence-corrected chi connectivity index (χ0v) is 16.8. The number of rotatable bonds is 5. The van der Waals surface area contributed by atoms with Crippen molar-refractivity contribution >= 4 is 29.0 Å². The van der Waals surface area contributed by atoms with Gasteiger partial charge in [-0.25, -0.2) is 0 Å². The number of nitro benzene ring substituents is 1. The quantitative estimate of drug-likeness (QED) is 0.352. The summed E-state index contributed by atoms with van der Waals surface area (Å²) in [6.45, 7) is 6.05. The molecule has 1 aliphatic rings. The Hall–Kier alpha value is -3.70. The molecule has 2 aromatic carbocycles. The Bertz CT molecular complexity index is 1050. The summed E-state index contributed by atoms with van der Waals surface area (Å²) in [4.78, 5) is 25.5. The minimum atomic E-state index is -0.569. The van der Waals surface area contributed by atoms with Crippen molar-refractivity contribution in [3.8, 4) is 6.07 Å². The van der Waals surface area contributed by atoms with Gasteiger partial charge in [-0.3, -0.25) is 14.9 Å². The zero-order chi connectivity index (χ0) is 21.7. The van der Waals surface area contributed by atoms with E-state index in [1.54, 1.807) is 18.2 Å². The molecule has 30 heavy (non-hydrogen) atoms. The van der Waals surface area contributed by atoms with Gasteiger partial charge < -0.3 is 15.0 Å². The summed E-state index contributed by atoms with van der Waals surface area (Å²) in [5, 5.41) is 23.7. The standard InChI is InChI=1S/C22H22N4O4/c1-15-3-5-19(11-16(15)2)24-22(27)18(14-23)12-17-4-6-20(21(13-17)26(28)29)25-7-9-30-10-8-25/h3-6,11-13H,7-10H2,1-2H3,(H,24,27)/b18-12-. The van der Waals surface area contributed by atoms with E-state index in [0.717, 1.165) is 11.1 Å². The van der Waals surface area contributed by atoms with Crippen LogP contribution in [0, 0.1) is 35.3 Å². The number of amides is 1. The van der Waals surface area contributed by atoms with Crippen LogP contribution in [0.2, 0.25) is 0 Å². The first-order chi connectivity index (χ1) is 14.4. The van der Waals surface area contributed by atoms with Gasteiger partial charge >= 0.3 is 0 Å². The van der Waals surface area contributed by atoms with Crippen molar-refractivity contribution in [2.75, 3.05) is 36.5 Å². The molecule has 0 unspecified atom stereocenters. The Balaban J connectivity index is 1.86. The average molecular weight is 406 g/mol. The lowest BCUT2D eigenvalue weighted by atomic mass is 10.1. The van der Waals surface area contributed by atoms with Crippen molar-refractivity contribution in [1.29, 1.82) is 5.26 Å². The van der Waals surface area contributed by atoms with Crippen molar-refractivity contribution in [1.82, 2.24) is 0 Å². The average Bonchev–Trinajstić information content (AvgIpc) is 2.75. The predicted molar refractivity (Wildman–Crippen MR) is 114 cm³/mol. The smallest absolute Gasteiger partial charge is 0.293 e. The molecule has 8 nitrogen and oxygen atoms in total. The number of hydrogen-bond donors (Lipinski definition) is 1. The van der Waals surface area contributed by atoms with Crippen LogP contribution in [0.5, 0.6) is 0 Å². The molecule has 8 heteroatoms. The number of morpholine rings is 1. The van der Waals surface area contributed by atoms with E-state index in [2.05, 4.69) is 5.32 Å². The highest BCUT2D eigenvalue weighted by Crippen LogP contribution is 2.30. The maximum Gasteiger partial charge on any atom is 0.293 e. The molecule has 154 valence electrons. The molecule has 0 spiro atoms. The van der Waals surface area contributed by atoms with Crippen molar-refractivity contribution in [2.45, 2.75) is 13.8 Å². The number of nitrogens with one attached hydrogen (secondary N) is 1. The van der Waals surface area contributed by atoms with Crippen LogP contribution in [0.3, 0.4) is 0 Å². The number of anilines is 2. The van der Waals surface area contributed by atoms with Gasteiger partial charge in [0.2, 0.25) is 0 Å². The third-order valence-electron chi connectivity index (χ3n) is 4.99. The number of nitriles is 1. The monoisotopic (exact) mass is 406 g/mol. The van der Waals surface area contributed by atoms with Crippen LogP contribution in [-0.4, -0.2) is 37.1 Å². The largest absolute Gasteiger partial charge is 0.378 e. The molecule has 2 aromatic rings. The predicted octanol–water partition coefficient (Wildman–Crippen LogP) is 3.59. The number of carbonyl (C=O) groups is 1. The van der Waals surface area contributed by atoms with E-state index in [0.29, 0.717) is 43.2 Å². The Morgan fingerprint density at radius 1 is 1.20 bits per heavy atom. The Labute approximate surface area is 174 Å². The van der Waals surface area contributed by atoms with Crippen LogP contribution in [0.1, 0.15) is 16.7 Å². The fraction of sp³-hybridized carbons (Fsp3) is 0.273. The molecular weight excluding hydrogens is 384 g/mol. The van der Waals surface area contributed by atoms with E-state index in [4.69, 9.17) is 4.74 Å². The molecule has 0 radical (unpaired) electrons. The maximum atomic E-state index is 12.5. The molecule has 0 aliphatic carbocycles. The first kappa shape index (κ1) is 21.0. The van der Waals surface area contributed by atoms with Gasteiger partial charge in [-0.1, -0.05) is 12.1 Å². The summed E-state index contributed by atoms with van der Waals surface area (Å²) in [6, 6.07) is 12.0. The lowest BCUT2D eigenvalue weighted by Gasteiger charge is -2.28. The Morgan fingerprint density at radius 2 is 1.93 bits per heavy atom. The Kier molecular flexibility index (Phi) is 6.45. The normalized spacial score (nSPS) is 14.2. The number of hydrogen-bond acceptors (Lipinski definition) is 6. The van der Waals surface area contributed by atoms with Crippen molar-refractivity contribution in [3.05, 3.63) is 68.8 Å². The highest BCUT2D eigenvalue weighted by Gasteiger charge is 2.22. The second-order valence-corrected chi connectivity index (χ2v) is 7.03. The van der Waals surface area contributed by atoms with E-state index in [1.165, 1.54) is 12.1 Å². The third kappa shape index (κ3) is 4.82. The van der Waals surface area contributed by atoms with Gasteiger partial charge in [0.05, 0.1) is 18.1 Å². The summed E-state index contributed by atoms with van der Waals surface area (Å²) in [6.07, 6.45) is 1.35. The van der Waals surface area contributed by atoms with Crippen LogP contribution in [0.25, 0.3) is 6.08 Å². The van der Waals surface area contributed by atoms with Gasteiger partial charge in [-0.05, 0) is 54.8 Å². The first-order valence-corrected chi connectivity index (χ1v) is 9.50. The minimum absolute atomic E-state index is 0.0718. The lowest BCUT2D eigenvalue weighted by molar-refractivity contribution is -0.384. The SMILES string of the molecule is Cc1ccc(NC(=O)/C(C#N)=C\c2ccc(N3CCOCC3)c([N+](=O)[O-])c2)cc1C. The topological polar surface area (TPSA) is 108 Å². The number of nitro groups is 1.